The van der Waals surface area contributed by atoms with Crippen molar-refractivity contribution in [2.24, 2.45) is 5.10 Å². The Hall–Kier alpha value is -2.84. The summed E-state index contributed by atoms with van der Waals surface area (Å²) >= 11 is 6.41. The van der Waals surface area contributed by atoms with Gasteiger partial charge in [-0.25, -0.2) is 0 Å². The Morgan fingerprint density at radius 2 is 1.73 bits per heavy atom. The van der Waals surface area contributed by atoms with Crippen molar-refractivity contribution in [1.29, 1.82) is 0 Å². The maximum absolute atomic E-state index is 12.5. The van der Waals surface area contributed by atoms with Crippen LogP contribution >= 0.6 is 24.0 Å². The summed E-state index contributed by atoms with van der Waals surface area (Å²) < 4.78 is 0.339. The fraction of sp³-hybridized carbons (Fsp3) is 0.0556. The van der Waals surface area contributed by atoms with Gasteiger partial charge in [0.2, 0.25) is 0 Å². The number of nitrogens with zero attached hydrogens (tertiary/aromatic N) is 3. The topological polar surface area (TPSA) is 75.8 Å². The molecule has 26 heavy (non-hydrogen) atoms. The first-order valence-corrected chi connectivity index (χ1v) is 8.79. The molecule has 0 N–H and O–H groups in total. The number of rotatable bonds is 4. The molecule has 0 atom stereocenters. The van der Waals surface area contributed by atoms with E-state index in [1.165, 1.54) is 30.1 Å². The van der Waals surface area contributed by atoms with Gasteiger partial charge in [-0.05, 0) is 48.5 Å². The summed E-state index contributed by atoms with van der Waals surface area (Å²) in [6.45, 7) is 2.00. The highest BCUT2D eigenvalue weighted by atomic mass is 32.2. The monoisotopic (exact) mass is 383 g/mol. The van der Waals surface area contributed by atoms with Crippen LogP contribution in [0.2, 0.25) is 0 Å². The molecule has 0 unspecified atom stereocenters. The fourth-order valence-electron chi connectivity index (χ4n) is 2.18. The predicted octanol–water partition coefficient (Wildman–Crippen LogP) is 4.14. The van der Waals surface area contributed by atoms with Crippen LogP contribution < -0.4 is 0 Å². The summed E-state index contributed by atoms with van der Waals surface area (Å²) in [5.41, 5.74) is 2.68. The minimum atomic E-state index is -0.473. The van der Waals surface area contributed by atoms with E-state index in [2.05, 4.69) is 5.10 Å². The zero-order valence-corrected chi connectivity index (χ0v) is 15.3. The van der Waals surface area contributed by atoms with Gasteiger partial charge >= 0.3 is 0 Å². The lowest BCUT2D eigenvalue weighted by molar-refractivity contribution is -0.384. The summed E-state index contributed by atoms with van der Waals surface area (Å²) in [4.78, 5) is 23.2. The van der Waals surface area contributed by atoms with Crippen LogP contribution in [0.25, 0.3) is 6.08 Å². The largest absolute Gasteiger partial charge is 0.286 e. The molecule has 0 aromatic heterocycles. The van der Waals surface area contributed by atoms with Crippen LogP contribution in [-0.4, -0.2) is 26.4 Å². The third-order valence-electron chi connectivity index (χ3n) is 3.57. The maximum Gasteiger partial charge on any atom is 0.286 e. The van der Waals surface area contributed by atoms with E-state index in [4.69, 9.17) is 12.2 Å². The third-order valence-corrected chi connectivity index (χ3v) is 4.86. The Morgan fingerprint density at radius 3 is 2.35 bits per heavy atom. The van der Waals surface area contributed by atoms with Crippen LogP contribution in [0.5, 0.6) is 0 Å². The van der Waals surface area contributed by atoms with E-state index in [-0.39, 0.29) is 11.6 Å². The number of nitro groups is 1. The van der Waals surface area contributed by atoms with Gasteiger partial charge in [-0.2, -0.15) is 10.1 Å². The SMILES string of the molecule is Cc1ccc(/C=C2/SC(=S)N(/N=C/c3ccc([N+](=O)[O-])cc3)C2=O)cc1. The van der Waals surface area contributed by atoms with Crippen molar-refractivity contribution in [3.63, 3.8) is 0 Å². The summed E-state index contributed by atoms with van der Waals surface area (Å²) in [7, 11) is 0. The number of carbonyl (C=O) groups excluding carboxylic acids is 1. The Bertz CT molecular complexity index is 935. The Kier molecular flexibility index (Phi) is 5.24. The lowest BCUT2D eigenvalue weighted by atomic mass is 10.1. The van der Waals surface area contributed by atoms with Crippen LogP contribution in [0.1, 0.15) is 16.7 Å². The van der Waals surface area contributed by atoms with Gasteiger partial charge in [0.1, 0.15) is 0 Å². The molecule has 130 valence electrons. The van der Waals surface area contributed by atoms with E-state index >= 15 is 0 Å². The summed E-state index contributed by atoms with van der Waals surface area (Å²) in [5, 5.41) is 15.9. The van der Waals surface area contributed by atoms with Crippen molar-refractivity contribution < 1.29 is 9.72 Å². The number of nitro benzene ring substituents is 1. The molecule has 0 saturated carbocycles. The van der Waals surface area contributed by atoms with E-state index in [0.717, 1.165) is 16.1 Å². The Morgan fingerprint density at radius 1 is 1.12 bits per heavy atom. The van der Waals surface area contributed by atoms with E-state index < -0.39 is 4.92 Å². The number of aryl methyl sites for hydroxylation is 1. The van der Waals surface area contributed by atoms with Crippen LogP contribution in [0.15, 0.2) is 58.5 Å². The van der Waals surface area contributed by atoms with Gasteiger partial charge in [-0.1, -0.05) is 41.6 Å². The number of hydrogen-bond donors (Lipinski definition) is 0. The van der Waals surface area contributed by atoms with Gasteiger partial charge in [0.15, 0.2) is 4.32 Å². The number of amides is 1. The standard InChI is InChI=1S/C18H13N3O3S2/c1-12-2-4-13(5-3-12)10-16-17(22)20(18(25)26-16)19-11-14-6-8-15(9-7-14)21(23)24/h2-11H,1H3/b16-10+,19-11+. The zero-order valence-electron chi connectivity index (χ0n) is 13.7. The van der Waals surface area contributed by atoms with Crippen molar-refractivity contribution in [3.05, 3.63) is 80.2 Å². The average molecular weight is 383 g/mol. The minimum absolute atomic E-state index is 0.00575. The number of hydrogen-bond acceptors (Lipinski definition) is 6. The van der Waals surface area contributed by atoms with Gasteiger partial charge in [0, 0.05) is 12.1 Å². The number of non-ortho nitro benzene ring substituents is 1. The molecule has 1 amide bonds. The molecule has 6 nitrogen and oxygen atoms in total. The van der Waals surface area contributed by atoms with Gasteiger partial charge < -0.3 is 0 Å². The van der Waals surface area contributed by atoms with Gasteiger partial charge in [-0.3, -0.25) is 14.9 Å². The molecule has 1 fully saturated rings. The van der Waals surface area contributed by atoms with Crippen LogP contribution in [0, 0.1) is 17.0 Å². The number of thioether (sulfide) groups is 1. The molecule has 0 bridgehead atoms. The molecule has 0 aliphatic carbocycles. The maximum atomic E-state index is 12.5. The van der Waals surface area contributed by atoms with Crippen molar-refractivity contribution in [2.45, 2.75) is 6.92 Å². The predicted molar refractivity (Wildman–Crippen MR) is 107 cm³/mol. The summed E-state index contributed by atoms with van der Waals surface area (Å²) in [6, 6.07) is 13.7. The summed E-state index contributed by atoms with van der Waals surface area (Å²) in [5.74, 6) is -0.293. The molecule has 1 aliphatic rings. The Balaban J connectivity index is 1.76. The highest BCUT2D eigenvalue weighted by Crippen LogP contribution is 2.32. The van der Waals surface area contributed by atoms with E-state index in [1.54, 1.807) is 18.2 Å². The molecule has 3 rings (SSSR count). The summed E-state index contributed by atoms with van der Waals surface area (Å²) in [6.07, 6.45) is 3.23. The van der Waals surface area contributed by atoms with Crippen LogP contribution in [-0.2, 0) is 4.79 Å². The third kappa shape index (κ3) is 4.04. The second kappa shape index (κ2) is 7.59. The van der Waals surface area contributed by atoms with Crippen LogP contribution in [0.4, 0.5) is 5.69 Å². The zero-order chi connectivity index (χ0) is 18.7. The van der Waals surface area contributed by atoms with E-state index in [0.29, 0.717) is 14.8 Å². The van der Waals surface area contributed by atoms with Crippen molar-refractivity contribution in [2.75, 3.05) is 0 Å². The molecular formula is C18H13N3O3S2. The molecular weight excluding hydrogens is 370 g/mol. The number of carbonyl (C=O) groups is 1. The van der Waals surface area contributed by atoms with Crippen molar-refractivity contribution >= 4 is 52.2 Å². The molecule has 8 heteroatoms. The van der Waals surface area contributed by atoms with Crippen molar-refractivity contribution in [1.82, 2.24) is 5.01 Å². The normalized spacial score (nSPS) is 16.0. The highest BCUT2D eigenvalue weighted by molar-refractivity contribution is 8.26. The van der Waals surface area contributed by atoms with Gasteiger partial charge in [-0.15, -0.1) is 0 Å². The molecule has 0 spiro atoms. The van der Waals surface area contributed by atoms with E-state index in [9.17, 15) is 14.9 Å². The van der Waals surface area contributed by atoms with Crippen LogP contribution in [0.3, 0.4) is 0 Å². The van der Waals surface area contributed by atoms with Gasteiger partial charge in [0.25, 0.3) is 11.6 Å². The molecule has 0 radical (unpaired) electrons. The molecule has 1 heterocycles. The van der Waals surface area contributed by atoms with E-state index in [1.807, 2.05) is 31.2 Å². The average Bonchev–Trinajstić information content (AvgIpc) is 2.89. The first kappa shape index (κ1) is 18.0. The lowest BCUT2D eigenvalue weighted by Gasteiger charge is -2.05. The fourth-order valence-corrected chi connectivity index (χ4v) is 3.35. The Labute approximate surface area is 159 Å². The number of hydrazone groups is 1. The molecule has 1 aliphatic heterocycles. The second-order valence-electron chi connectivity index (χ2n) is 5.50. The number of benzene rings is 2. The quantitative estimate of drug-likeness (QED) is 0.261. The molecule has 2 aromatic rings. The number of thiocarbonyl (C=S) groups is 1. The molecule has 2 aromatic carbocycles. The second-order valence-corrected chi connectivity index (χ2v) is 7.17. The highest BCUT2D eigenvalue weighted by Gasteiger charge is 2.31. The van der Waals surface area contributed by atoms with Crippen molar-refractivity contribution in [3.8, 4) is 0 Å². The first-order valence-electron chi connectivity index (χ1n) is 7.57. The first-order chi connectivity index (χ1) is 12.4. The minimum Gasteiger partial charge on any atom is -0.266 e. The lowest BCUT2D eigenvalue weighted by Crippen LogP contribution is -2.22. The molecule has 1 saturated heterocycles. The smallest absolute Gasteiger partial charge is 0.266 e. The van der Waals surface area contributed by atoms with Gasteiger partial charge in [0.05, 0.1) is 16.0 Å².